The maximum absolute atomic E-state index is 12.6. The Morgan fingerprint density at radius 2 is 2.14 bits per heavy atom. The van der Waals surface area contributed by atoms with Crippen LogP contribution < -0.4 is 5.01 Å². The summed E-state index contributed by atoms with van der Waals surface area (Å²) in [5, 5.41) is 6.48. The molecule has 2 aliphatic heterocycles. The summed E-state index contributed by atoms with van der Waals surface area (Å²) < 4.78 is 5.34. The average Bonchev–Trinajstić information content (AvgIpc) is 2.76. The largest absolute Gasteiger partial charge is 0.379 e. The van der Waals surface area contributed by atoms with Crippen LogP contribution in [0.4, 0.5) is 5.69 Å². The lowest BCUT2D eigenvalue weighted by atomic mass is 10.0. The molecule has 1 atom stereocenters. The molecule has 0 radical (unpaired) electrons. The fourth-order valence-electron chi connectivity index (χ4n) is 2.65. The molecule has 0 unspecified atom stereocenters. The third-order valence-electron chi connectivity index (χ3n) is 3.87. The summed E-state index contributed by atoms with van der Waals surface area (Å²) in [6.07, 6.45) is 0. The van der Waals surface area contributed by atoms with E-state index in [4.69, 9.17) is 16.3 Å². The normalized spacial score (nSPS) is 23.5. The molecule has 5 nitrogen and oxygen atoms in total. The number of morpholine rings is 1. The lowest BCUT2D eigenvalue weighted by Gasteiger charge is -2.28. The van der Waals surface area contributed by atoms with Gasteiger partial charge in [0.15, 0.2) is 0 Å². The van der Waals surface area contributed by atoms with Gasteiger partial charge in [-0.05, 0) is 25.1 Å². The Balaban J connectivity index is 1.74. The van der Waals surface area contributed by atoms with Crippen molar-refractivity contribution in [1.82, 2.24) is 4.90 Å². The smallest absolute Gasteiger partial charge is 0.257 e. The molecule has 1 aromatic carbocycles. The van der Waals surface area contributed by atoms with Crippen LogP contribution in [-0.4, -0.2) is 49.4 Å². The van der Waals surface area contributed by atoms with E-state index in [-0.39, 0.29) is 11.8 Å². The molecule has 1 saturated heterocycles. The Morgan fingerprint density at radius 3 is 2.86 bits per heavy atom. The number of ether oxygens (including phenoxy) is 1. The van der Waals surface area contributed by atoms with Crippen molar-refractivity contribution < 1.29 is 9.53 Å². The van der Waals surface area contributed by atoms with Gasteiger partial charge in [-0.3, -0.25) is 9.69 Å². The van der Waals surface area contributed by atoms with Crippen LogP contribution in [0.15, 0.2) is 29.4 Å². The van der Waals surface area contributed by atoms with Crippen molar-refractivity contribution in [3.63, 3.8) is 0 Å². The van der Waals surface area contributed by atoms with Gasteiger partial charge in [-0.2, -0.15) is 5.10 Å². The molecule has 0 aromatic heterocycles. The predicted octanol–water partition coefficient (Wildman–Crippen LogP) is 2.01. The van der Waals surface area contributed by atoms with Crippen LogP contribution in [0.2, 0.25) is 5.02 Å². The van der Waals surface area contributed by atoms with Gasteiger partial charge in [0.05, 0.1) is 24.8 Å². The number of hydrogen-bond acceptors (Lipinski definition) is 4. The van der Waals surface area contributed by atoms with Crippen molar-refractivity contribution in [2.45, 2.75) is 6.92 Å². The van der Waals surface area contributed by atoms with Crippen molar-refractivity contribution in [3.05, 3.63) is 29.3 Å². The van der Waals surface area contributed by atoms with E-state index in [0.29, 0.717) is 11.6 Å². The van der Waals surface area contributed by atoms with Crippen LogP contribution >= 0.6 is 11.6 Å². The third kappa shape index (κ3) is 3.10. The van der Waals surface area contributed by atoms with E-state index in [9.17, 15) is 4.79 Å². The van der Waals surface area contributed by atoms with E-state index in [2.05, 4.69) is 10.0 Å². The zero-order valence-corrected chi connectivity index (χ0v) is 12.7. The van der Waals surface area contributed by atoms with E-state index in [1.807, 2.05) is 19.1 Å². The number of amides is 1. The number of anilines is 1. The maximum atomic E-state index is 12.6. The fourth-order valence-corrected chi connectivity index (χ4v) is 2.83. The maximum Gasteiger partial charge on any atom is 0.257 e. The number of halogens is 1. The Bertz CT molecular complexity index is 570. The van der Waals surface area contributed by atoms with Crippen LogP contribution in [0, 0.1) is 5.92 Å². The van der Waals surface area contributed by atoms with E-state index < -0.39 is 0 Å². The second-order valence-corrected chi connectivity index (χ2v) is 5.77. The van der Waals surface area contributed by atoms with Crippen molar-refractivity contribution in [2.24, 2.45) is 11.0 Å². The minimum Gasteiger partial charge on any atom is -0.379 e. The molecule has 0 saturated carbocycles. The van der Waals surface area contributed by atoms with Crippen molar-refractivity contribution in [3.8, 4) is 0 Å². The van der Waals surface area contributed by atoms with Gasteiger partial charge in [-0.1, -0.05) is 17.7 Å². The molecule has 6 heteroatoms. The zero-order chi connectivity index (χ0) is 14.8. The van der Waals surface area contributed by atoms with Crippen LogP contribution in [0.25, 0.3) is 0 Å². The van der Waals surface area contributed by atoms with E-state index >= 15 is 0 Å². The van der Waals surface area contributed by atoms with Gasteiger partial charge in [-0.25, -0.2) is 5.01 Å². The molecule has 0 N–H and O–H groups in total. The first-order chi connectivity index (χ1) is 10.1. The Hall–Kier alpha value is -1.43. The molecule has 3 rings (SSSR count). The first-order valence-electron chi connectivity index (χ1n) is 7.10. The summed E-state index contributed by atoms with van der Waals surface area (Å²) >= 11 is 5.99. The first-order valence-corrected chi connectivity index (χ1v) is 7.47. The van der Waals surface area contributed by atoms with Crippen molar-refractivity contribution in [1.29, 1.82) is 0 Å². The summed E-state index contributed by atoms with van der Waals surface area (Å²) in [7, 11) is 0. The molecule has 1 fully saturated rings. The SMILES string of the molecule is CC1=NN(c2cccc(Cl)c2)C(=O)[C@@H]1CN1CCOCC1. The summed E-state index contributed by atoms with van der Waals surface area (Å²) in [5.74, 6) is -0.164. The highest BCUT2D eigenvalue weighted by atomic mass is 35.5. The molecular weight excluding hydrogens is 290 g/mol. The molecule has 1 aromatic rings. The van der Waals surface area contributed by atoms with Crippen LogP contribution in [0.3, 0.4) is 0 Å². The lowest BCUT2D eigenvalue weighted by molar-refractivity contribution is -0.120. The first kappa shape index (κ1) is 14.5. The molecule has 2 aliphatic rings. The van der Waals surface area contributed by atoms with Gasteiger partial charge in [0.1, 0.15) is 0 Å². The monoisotopic (exact) mass is 307 g/mol. The highest BCUT2D eigenvalue weighted by Gasteiger charge is 2.35. The number of rotatable bonds is 3. The molecule has 0 spiro atoms. The van der Waals surface area contributed by atoms with Crippen molar-refractivity contribution in [2.75, 3.05) is 37.9 Å². The Morgan fingerprint density at radius 1 is 1.38 bits per heavy atom. The quantitative estimate of drug-likeness (QED) is 0.858. The van der Waals surface area contributed by atoms with Crippen molar-refractivity contribution >= 4 is 28.9 Å². The summed E-state index contributed by atoms with van der Waals surface area (Å²) in [6, 6.07) is 7.21. The standard InChI is InChI=1S/C15H18ClN3O2/c1-11-14(10-18-5-7-21-8-6-18)15(20)19(17-11)13-4-2-3-12(16)9-13/h2-4,9,14H,5-8,10H2,1H3/t14-/m1/s1. The third-order valence-corrected chi connectivity index (χ3v) is 4.10. The zero-order valence-electron chi connectivity index (χ0n) is 12.0. The van der Waals surface area contributed by atoms with Gasteiger partial charge in [0.2, 0.25) is 0 Å². The minimum atomic E-state index is -0.179. The van der Waals surface area contributed by atoms with Crippen LogP contribution in [-0.2, 0) is 9.53 Å². The number of carbonyl (C=O) groups is 1. The van der Waals surface area contributed by atoms with Gasteiger partial charge in [0.25, 0.3) is 5.91 Å². The Kier molecular flexibility index (Phi) is 4.24. The number of nitrogens with zero attached hydrogens (tertiary/aromatic N) is 3. The minimum absolute atomic E-state index is 0.0151. The summed E-state index contributed by atoms with van der Waals surface area (Å²) in [6.45, 7) is 5.81. The van der Waals surface area contributed by atoms with E-state index in [1.54, 1.807) is 12.1 Å². The highest BCUT2D eigenvalue weighted by Crippen LogP contribution is 2.26. The molecular formula is C15H18ClN3O2. The van der Waals surface area contributed by atoms with Gasteiger partial charge in [-0.15, -0.1) is 0 Å². The fraction of sp³-hybridized carbons (Fsp3) is 0.467. The number of hydrogen-bond donors (Lipinski definition) is 0. The second kappa shape index (κ2) is 6.13. The van der Waals surface area contributed by atoms with Gasteiger partial charge < -0.3 is 4.74 Å². The number of benzene rings is 1. The molecule has 112 valence electrons. The predicted molar refractivity (Wildman–Crippen MR) is 82.8 cm³/mol. The number of hydrazone groups is 1. The average molecular weight is 308 g/mol. The lowest BCUT2D eigenvalue weighted by Crippen LogP contribution is -2.43. The highest BCUT2D eigenvalue weighted by molar-refractivity contribution is 6.31. The molecule has 21 heavy (non-hydrogen) atoms. The molecule has 0 bridgehead atoms. The molecule has 1 amide bonds. The van der Waals surface area contributed by atoms with E-state index in [1.165, 1.54) is 5.01 Å². The van der Waals surface area contributed by atoms with Gasteiger partial charge in [0, 0.05) is 30.4 Å². The van der Waals surface area contributed by atoms with Gasteiger partial charge >= 0.3 is 0 Å². The topological polar surface area (TPSA) is 45.1 Å². The summed E-state index contributed by atoms with van der Waals surface area (Å²) in [5.41, 5.74) is 1.57. The molecule has 2 heterocycles. The Labute approximate surface area is 129 Å². The second-order valence-electron chi connectivity index (χ2n) is 5.34. The van der Waals surface area contributed by atoms with E-state index in [0.717, 1.165) is 37.7 Å². The molecule has 0 aliphatic carbocycles. The van der Waals surface area contributed by atoms with Crippen LogP contribution in [0.1, 0.15) is 6.92 Å². The number of carbonyl (C=O) groups excluding carboxylic acids is 1. The van der Waals surface area contributed by atoms with Crippen LogP contribution in [0.5, 0.6) is 0 Å². The summed E-state index contributed by atoms with van der Waals surface area (Å²) in [4.78, 5) is 14.9.